The highest BCUT2D eigenvalue weighted by molar-refractivity contribution is 14.1. The van der Waals surface area contributed by atoms with E-state index in [1.54, 1.807) is 0 Å². The number of rotatable bonds is 1. The first-order chi connectivity index (χ1) is 4.70. The van der Waals surface area contributed by atoms with Gasteiger partial charge in [0, 0.05) is 55.1 Å². The average molecular weight is 254 g/mol. The molecule has 1 saturated heterocycles. The highest BCUT2D eigenvalue weighted by Crippen LogP contribution is 2.08. The molecule has 60 valence electrons. The Morgan fingerprint density at radius 2 is 1.60 bits per heavy atom. The van der Waals surface area contributed by atoms with E-state index in [-0.39, 0.29) is 0 Å². The predicted molar refractivity (Wildman–Crippen MR) is 52.3 cm³/mol. The van der Waals surface area contributed by atoms with Gasteiger partial charge in [0.2, 0.25) is 0 Å². The van der Waals surface area contributed by atoms with E-state index in [0.717, 1.165) is 6.04 Å². The van der Waals surface area contributed by atoms with Crippen molar-refractivity contribution in [2.45, 2.75) is 19.9 Å². The lowest BCUT2D eigenvalue weighted by atomic mass is 10.3. The molecular weight excluding hydrogens is 239 g/mol. The molecule has 0 aromatic rings. The highest BCUT2D eigenvalue weighted by Gasteiger charge is 2.16. The number of halogens is 1. The molecule has 0 bridgehead atoms. The van der Waals surface area contributed by atoms with Crippen LogP contribution in [-0.4, -0.2) is 40.2 Å². The molecular formula is C7H15IN2. The molecule has 0 N–H and O–H groups in total. The molecule has 10 heavy (non-hydrogen) atoms. The molecule has 0 saturated carbocycles. The Labute approximate surface area is 77.1 Å². The van der Waals surface area contributed by atoms with Gasteiger partial charge in [0.15, 0.2) is 0 Å². The van der Waals surface area contributed by atoms with Crippen LogP contribution in [0.25, 0.3) is 0 Å². The van der Waals surface area contributed by atoms with Gasteiger partial charge in [-0.05, 0) is 13.8 Å². The Bertz CT molecular complexity index is 97.8. The molecule has 1 fully saturated rings. The van der Waals surface area contributed by atoms with Crippen LogP contribution < -0.4 is 0 Å². The molecule has 0 aromatic heterocycles. The second-order valence-electron chi connectivity index (χ2n) is 3.04. The van der Waals surface area contributed by atoms with Crippen LogP contribution in [0.5, 0.6) is 0 Å². The van der Waals surface area contributed by atoms with Crippen molar-refractivity contribution in [3.63, 3.8) is 0 Å². The summed E-state index contributed by atoms with van der Waals surface area (Å²) < 4.78 is 2.36. The van der Waals surface area contributed by atoms with E-state index in [0.29, 0.717) is 0 Å². The van der Waals surface area contributed by atoms with Crippen molar-refractivity contribution in [1.82, 2.24) is 8.01 Å². The second kappa shape index (κ2) is 3.88. The average Bonchev–Trinajstić information content (AvgIpc) is 1.88. The summed E-state index contributed by atoms with van der Waals surface area (Å²) in [7, 11) is 0. The molecule has 0 spiro atoms. The Hall–Kier alpha value is 0.650. The molecule has 0 amide bonds. The minimum absolute atomic E-state index is 0.727. The smallest absolute Gasteiger partial charge is 0.0209 e. The zero-order chi connectivity index (χ0) is 7.56. The highest BCUT2D eigenvalue weighted by atomic mass is 127. The number of hydrogen-bond acceptors (Lipinski definition) is 2. The number of hydrogen-bond donors (Lipinski definition) is 0. The largest absolute Gasteiger partial charge is 0.298 e. The minimum Gasteiger partial charge on any atom is -0.298 e. The van der Waals surface area contributed by atoms with Gasteiger partial charge in [-0.1, -0.05) is 0 Å². The first-order valence-electron chi connectivity index (χ1n) is 3.85. The summed E-state index contributed by atoms with van der Waals surface area (Å²) in [4.78, 5) is 2.52. The maximum Gasteiger partial charge on any atom is 0.0209 e. The van der Waals surface area contributed by atoms with Gasteiger partial charge in [-0.15, -0.1) is 0 Å². The summed E-state index contributed by atoms with van der Waals surface area (Å²) in [6.45, 7) is 9.45. The van der Waals surface area contributed by atoms with Crippen molar-refractivity contribution in [3.8, 4) is 0 Å². The molecule has 1 heterocycles. The fraction of sp³-hybridized carbons (Fsp3) is 1.00. The van der Waals surface area contributed by atoms with Crippen LogP contribution in [-0.2, 0) is 0 Å². The van der Waals surface area contributed by atoms with Crippen LogP contribution in [0, 0.1) is 0 Å². The lowest BCUT2D eigenvalue weighted by Gasteiger charge is -2.33. The fourth-order valence-corrected chi connectivity index (χ4v) is 1.65. The molecule has 1 aliphatic heterocycles. The van der Waals surface area contributed by atoms with Crippen LogP contribution >= 0.6 is 22.9 Å². The summed E-state index contributed by atoms with van der Waals surface area (Å²) >= 11 is 2.40. The van der Waals surface area contributed by atoms with E-state index in [4.69, 9.17) is 0 Å². The van der Waals surface area contributed by atoms with Crippen molar-refractivity contribution in [2.24, 2.45) is 0 Å². The summed E-state index contributed by atoms with van der Waals surface area (Å²) in [5.41, 5.74) is 0. The molecule has 0 atom stereocenters. The van der Waals surface area contributed by atoms with Gasteiger partial charge >= 0.3 is 0 Å². The van der Waals surface area contributed by atoms with Crippen LogP contribution in [0.1, 0.15) is 13.8 Å². The summed E-state index contributed by atoms with van der Waals surface area (Å²) in [6.07, 6.45) is 0. The summed E-state index contributed by atoms with van der Waals surface area (Å²) in [5.74, 6) is 0. The molecule has 0 aliphatic carbocycles. The third-order valence-corrected chi connectivity index (χ3v) is 2.95. The first-order valence-corrected chi connectivity index (χ1v) is 4.81. The van der Waals surface area contributed by atoms with Crippen LogP contribution in [0.3, 0.4) is 0 Å². The lowest BCUT2D eigenvalue weighted by Crippen LogP contribution is -2.45. The quantitative estimate of drug-likeness (QED) is 0.515. The van der Waals surface area contributed by atoms with E-state index in [9.17, 15) is 0 Å². The molecule has 1 aliphatic rings. The van der Waals surface area contributed by atoms with Gasteiger partial charge in [0.05, 0.1) is 0 Å². The Balaban J connectivity index is 2.26. The van der Waals surface area contributed by atoms with E-state index < -0.39 is 0 Å². The zero-order valence-corrected chi connectivity index (χ0v) is 8.84. The molecule has 3 heteroatoms. The standard InChI is InChI=1S/C7H15IN2/c1-7(2)9-3-5-10(8)6-4-9/h7H,3-6H2,1-2H3. The van der Waals surface area contributed by atoms with Gasteiger partial charge < -0.3 is 0 Å². The Morgan fingerprint density at radius 1 is 1.10 bits per heavy atom. The second-order valence-corrected chi connectivity index (χ2v) is 4.40. The van der Waals surface area contributed by atoms with Gasteiger partial charge in [0.25, 0.3) is 0 Å². The van der Waals surface area contributed by atoms with Crippen LogP contribution in [0.15, 0.2) is 0 Å². The van der Waals surface area contributed by atoms with Crippen molar-refractivity contribution in [2.75, 3.05) is 26.2 Å². The van der Waals surface area contributed by atoms with E-state index in [1.165, 1.54) is 26.2 Å². The lowest BCUT2D eigenvalue weighted by molar-refractivity contribution is 0.167. The number of nitrogens with zero attached hydrogens (tertiary/aromatic N) is 2. The predicted octanol–water partition coefficient (Wildman–Crippen LogP) is 1.36. The Morgan fingerprint density at radius 3 is 2.00 bits per heavy atom. The summed E-state index contributed by atoms with van der Waals surface area (Å²) in [6, 6.07) is 0.727. The molecule has 0 unspecified atom stereocenters. The zero-order valence-electron chi connectivity index (χ0n) is 6.68. The summed E-state index contributed by atoms with van der Waals surface area (Å²) in [5, 5.41) is 0. The fourth-order valence-electron chi connectivity index (χ4n) is 1.21. The molecule has 0 radical (unpaired) electrons. The third-order valence-electron chi connectivity index (χ3n) is 1.99. The SMILES string of the molecule is CC(C)N1CCN(I)CC1. The van der Waals surface area contributed by atoms with E-state index in [2.05, 4.69) is 44.7 Å². The van der Waals surface area contributed by atoms with Gasteiger partial charge in [-0.3, -0.25) is 4.90 Å². The topological polar surface area (TPSA) is 6.48 Å². The minimum atomic E-state index is 0.727. The van der Waals surface area contributed by atoms with Gasteiger partial charge in [-0.25, -0.2) is 3.11 Å². The van der Waals surface area contributed by atoms with Crippen molar-refractivity contribution in [3.05, 3.63) is 0 Å². The van der Waals surface area contributed by atoms with Crippen molar-refractivity contribution in [1.29, 1.82) is 0 Å². The maximum atomic E-state index is 2.52. The molecule has 2 nitrogen and oxygen atoms in total. The van der Waals surface area contributed by atoms with Gasteiger partial charge in [-0.2, -0.15) is 0 Å². The third kappa shape index (κ3) is 2.36. The normalized spacial score (nSPS) is 24.0. The van der Waals surface area contributed by atoms with E-state index >= 15 is 0 Å². The first kappa shape index (κ1) is 8.74. The molecule has 1 rings (SSSR count). The Kier molecular flexibility index (Phi) is 3.39. The van der Waals surface area contributed by atoms with Gasteiger partial charge in [0.1, 0.15) is 0 Å². The number of piperazine rings is 1. The van der Waals surface area contributed by atoms with Crippen molar-refractivity contribution >= 4 is 22.9 Å². The maximum absolute atomic E-state index is 2.52. The van der Waals surface area contributed by atoms with Crippen LogP contribution in [0.4, 0.5) is 0 Å². The molecule has 0 aromatic carbocycles. The van der Waals surface area contributed by atoms with E-state index in [1.807, 2.05) is 0 Å². The van der Waals surface area contributed by atoms with Crippen LogP contribution in [0.2, 0.25) is 0 Å². The van der Waals surface area contributed by atoms with Crippen molar-refractivity contribution < 1.29 is 0 Å². The monoisotopic (exact) mass is 254 g/mol.